The summed E-state index contributed by atoms with van der Waals surface area (Å²) in [6.45, 7) is 2.35. The maximum Gasteiger partial charge on any atom is 0.261 e. The molecule has 2 N–H and O–H groups in total. The number of amides is 1. The van der Waals surface area contributed by atoms with E-state index in [4.69, 9.17) is 0 Å². The largest absolute Gasteiger partial charge is 0.325 e. The molecular formula is C21H27N3O5S3. The number of benzene rings is 2. The van der Waals surface area contributed by atoms with Crippen molar-refractivity contribution < 1.29 is 21.6 Å². The molecule has 1 aliphatic heterocycles. The summed E-state index contributed by atoms with van der Waals surface area (Å²) in [5, 5.41) is 2.64. The molecule has 11 heteroatoms. The van der Waals surface area contributed by atoms with Crippen molar-refractivity contribution in [3.63, 3.8) is 0 Å². The van der Waals surface area contributed by atoms with E-state index in [-0.39, 0.29) is 21.4 Å². The highest BCUT2D eigenvalue weighted by molar-refractivity contribution is 7.98. The van der Waals surface area contributed by atoms with E-state index in [1.165, 1.54) is 59.4 Å². The van der Waals surface area contributed by atoms with Crippen LogP contribution in [0.5, 0.6) is 0 Å². The van der Waals surface area contributed by atoms with Gasteiger partial charge in [-0.15, -0.1) is 11.8 Å². The Morgan fingerprint density at radius 2 is 1.50 bits per heavy atom. The maximum atomic E-state index is 12.9. The van der Waals surface area contributed by atoms with E-state index in [1.807, 2.05) is 6.26 Å². The van der Waals surface area contributed by atoms with Crippen LogP contribution in [0.3, 0.4) is 0 Å². The molecule has 8 nitrogen and oxygen atoms in total. The lowest BCUT2D eigenvalue weighted by molar-refractivity contribution is -0.114. The molecule has 0 atom stereocenters. The number of rotatable bonds is 7. The van der Waals surface area contributed by atoms with Gasteiger partial charge >= 0.3 is 0 Å². The predicted octanol–water partition coefficient (Wildman–Crippen LogP) is 3.73. The van der Waals surface area contributed by atoms with E-state index in [2.05, 4.69) is 10.0 Å². The van der Waals surface area contributed by atoms with Crippen LogP contribution < -0.4 is 10.0 Å². The maximum absolute atomic E-state index is 12.9. The van der Waals surface area contributed by atoms with Gasteiger partial charge in [0.05, 0.1) is 15.5 Å². The van der Waals surface area contributed by atoms with E-state index in [0.29, 0.717) is 18.8 Å². The quantitative estimate of drug-likeness (QED) is 0.564. The zero-order chi connectivity index (χ0) is 23.4. The van der Waals surface area contributed by atoms with Crippen molar-refractivity contribution in [2.75, 3.05) is 29.4 Å². The monoisotopic (exact) mass is 497 g/mol. The zero-order valence-corrected chi connectivity index (χ0v) is 20.4. The number of thioether (sulfide) groups is 1. The molecule has 0 bridgehead atoms. The van der Waals surface area contributed by atoms with Gasteiger partial charge in [0.1, 0.15) is 0 Å². The number of carbonyl (C=O) groups excluding carboxylic acids is 1. The molecule has 0 unspecified atom stereocenters. The summed E-state index contributed by atoms with van der Waals surface area (Å²) in [6.07, 6.45) is 5.55. The first-order chi connectivity index (χ1) is 15.1. The lowest BCUT2D eigenvalue weighted by Gasteiger charge is -2.20. The highest BCUT2D eigenvalue weighted by Crippen LogP contribution is 2.29. The molecule has 1 saturated heterocycles. The normalized spacial score (nSPS) is 15.7. The minimum Gasteiger partial charge on any atom is -0.325 e. The Morgan fingerprint density at radius 3 is 2.06 bits per heavy atom. The van der Waals surface area contributed by atoms with E-state index in [1.54, 1.807) is 6.07 Å². The Bertz CT molecular complexity index is 1170. The Labute approximate surface area is 193 Å². The fourth-order valence-corrected chi connectivity index (χ4v) is 6.62. The molecule has 0 radical (unpaired) electrons. The molecule has 0 aliphatic carbocycles. The Hall–Kier alpha value is -2.08. The number of anilines is 2. The van der Waals surface area contributed by atoms with Crippen molar-refractivity contribution in [1.82, 2.24) is 4.31 Å². The SMILES string of the molecule is CSc1ccc(S(=O)(=O)Nc2ccc(S(=O)(=O)N3CCCCCC3)cc2)cc1NC(C)=O. The van der Waals surface area contributed by atoms with Crippen LogP contribution in [0.1, 0.15) is 32.6 Å². The second-order valence-electron chi connectivity index (χ2n) is 7.49. The lowest BCUT2D eigenvalue weighted by atomic mass is 10.2. The van der Waals surface area contributed by atoms with Crippen LogP contribution in [0.4, 0.5) is 11.4 Å². The van der Waals surface area contributed by atoms with Crippen LogP contribution in [0.15, 0.2) is 57.2 Å². The molecule has 2 aromatic rings. The molecular weight excluding hydrogens is 470 g/mol. The minimum absolute atomic E-state index is 0.0136. The second-order valence-corrected chi connectivity index (χ2v) is 12.0. The summed E-state index contributed by atoms with van der Waals surface area (Å²) in [5.41, 5.74) is 0.654. The predicted molar refractivity (Wildman–Crippen MR) is 127 cm³/mol. The fraction of sp³-hybridized carbons (Fsp3) is 0.381. The molecule has 174 valence electrons. The summed E-state index contributed by atoms with van der Waals surface area (Å²) in [4.78, 5) is 12.3. The van der Waals surface area contributed by atoms with E-state index in [0.717, 1.165) is 30.6 Å². The first-order valence-electron chi connectivity index (χ1n) is 10.2. The smallest absolute Gasteiger partial charge is 0.261 e. The summed E-state index contributed by atoms with van der Waals surface area (Å²) in [5.74, 6) is -0.302. The highest BCUT2D eigenvalue weighted by atomic mass is 32.2. The van der Waals surface area contributed by atoms with Gasteiger partial charge in [0.2, 0.25) is 15.9 Å². The average molecular weight is 498 g/mol. The van der Waals surface area contributed by atoms with Crippen molar-refractivity contribution in [1.29, 1.82) is 0 Å². The molecule has 32 heavy (non-hydrogen) atoms. The number of sulfonamides is 2. The number of nitrogens with zero attached hydrogens (tertiary/aromatic N) is 1. The van der Waals surface area contributed by atoms with E-state index >= 15 is 0 Å². The molecule has 1 aliphatic rings. The molecule has 3 rings (SSSR count). The number of hydrogen-bond donors (Lipinski definition) is 2. The highest BCUT2D eigenvalue weighted by Gasteiger charge is 2.25. The molecule has 1 amide bonds. The molecule has 1 fully saturated rings. The molecule has 1 heterocycles. The fourth-order valence-electron chi connectivity index (χ4n) is 3.48. The van der Waals surface area contributed by atoms with E-state index in [9.17, 15) is 21.6 Å². The van der Waals surface area contributed by atoms with Crippen molar-refractivity contribution in [2.24, 2.45) is 0 Å². The Kier molecular flexibility index (Phi) is 7.86. The topological polar surface area (TPSA) is 113 Å². The summed E-state index contributed by atoms with van der Waals surface area (Å²) in [6, 6.07) is 10.2. The van der Waals surface area contributed by atoms with Crippen molar-refractivity contribution in [2.45, 2.75) is 47.3 Å². The van der Waals surface area contributed by atoms with Crippen LogP contribution >= 0.6 is 11.8 Å². The van der Waals surface area contributed by atoms with Gasteiger partial charge in [0.25, 0.3) is 10.0 Å². The van der Waals surface area contributed by atoms with Crippen molar-refractivity contribution in [3.8, 4) is 0 Å². The first kappa shape index (κ1) is 24.6. The average Bonchev–Trinajstić information content (AvgIpc) is 3.03. The van der Waals surface area contributed by atoms with Crippen LogP contribution in [0, 0.1) is 0 Å². The summed E-state index contributed by atoms with van der Waals surface area (Å²) in [7, 11) is -7.55. The van der Waals surface area contributed by atoms with E-state index < -0.39 is 20.0 Å². The standard InChI is InChI=1S/C21H27N3O5S3/c1-16(25)22-20-15-19(11-12-21(20)30-2)31(26,27)23-17-7-9-18(10-8-17)32(28,29)24-13-5-3-4-6-14-24/h7-12,15,23H,3-6,13-14H2,1-2H3,(H,22,25). The van der Waals surface area contributed by atoms with Gasteiger partial charge in [0.15, 0.2) is 0 Å². The molecule has 0 saturated carbocycles. The van der Waals surface area contributed by atoms with Gasteiger partial charge in [-0.2, -0.15) is 4.31 Å². The van der Waals surface area contributed by atoms with Gasteiger partial charge in [-0.3, -0.25) is 9.52 Å². The minimum atomic E-state index is -3.94. The van der Waals surface area contributed by atoms with Crippen LogP contribution in [-0.4, -0.2) is 46.4 Å². The van der Waals surface area contributed by atoms with Gasteiger partial charge in [-0.25, -0.2) is 16.8 Å². The third kappa shape index (κ3) is 5.83. The number of nitrogens with one attached hydrogen (secondary N) is 2. The van der Waals surface area contributed by atoms with Crippen molar-refractivity contribution in [3.05, 3.63) is 42.5 Å². The van der Waals surface area contributed by atoms with Gasteiger partial charge in [-0.05, 0) is 61.6 Å². The first-order valence-corrected chi connectivity index (χ1v) is 14.4. The summed E-state index contributed by atoms with van der Waals surface area (Å²) >= 11 is 1.39. The van der Waals surface area contributed by atoms with Crippen LogP contribution in [-0.2, 0) is 24.8 Å². The number of carbonyl (C=O) groups is 1. The lowest BCUT2D eigenvalue weighted by Crippen LogP contribution is -2.31. The second kappa shape index (κ2) is 10.2. The zero-order valence-electron chi connectivity index (χ0n) is 18.0. The van der Waals surface area contributed by atoms with Gasteiger partial charge in [0, 0.05) is 30.6 Å². The van der Waals surface area contributed by atoms with Gasteiger partial charge in [-0.1, -0.05) is 12.8 Å². The molecule has 0 spiro atoms. The third-order valence-corrected chi connectivity index (χ3v) is 9.19. The van der Waals surface area contributed by atoms with Crippen LogP contribution in [0.25, 0.3) is 0 Å². The van der Waals surface area contributed by atoms with Crippen LogP contribution in [0.2, 0.25) is 0 Å². The van der Waals surface area contributed by atoms with Gasteiger partial charge < -0.3 is 5.32 Å². The third-order valence-electron chi connectivity index (χ3n) is 5.10. The molecule has 2 aromatic carbocycles. The summed E-state index contributed by atoms with van der Waals surface area (Å²) < 4.78 is 55.4. The molecule has 0 aromatic heterocycles. The number of hydrogen-bond acceptors (Lipinski definition) is 6. The Morgan fingerprint density at radius 1 is 0.906 bits per heavy atom. The Balaban J connectivity index is 1.80. The van der Waals surface area contributed by atoms with Crippen molar-refractivity contribution >= 4 is 49.1 Å².